The summed E-state index contributed by atoms with van der Waals surface area (Å²) in [6.07, 6.45) is 12.5. The van der Waals surface area contributed by atoms with Crippen molar-refractivity contribution in [3.05, 3.63) is 96.3 Å². The Bertz CT molecular complexity index is 1160. The van der Waals surface area contributed by atoms with Crippen LogP contribution in [0.3, 0.4) is 0 Å². The van der Waals surface area contributed by atoms with Crippen LogP contribution in [0.25, 0.3) is 17.2 Å². The molecule has 0 atom stereocenters. The third kappa shape index (κ3) is 4.50. The number of anilines is 2. The molecule has 32 heavy (non-hydrogen) atoms. The molecule has 2 aromatic carbocycles. The molecule has 1 fully saturated rings. The van der Waals surface area contributed by atoms with Crippen LogP contribution in [0.15, 0.2) is 85.1 Å². The Balaban J connectivity index is 1.21. The van der Waals surface area contributed by atoms with Crippen molar-refractivity contribution < 1.29 is 4.79 Å². The fraction of sp³-hybridized carbons (Fsp3) is 0.214. The highest BCUT2D eigenvalue weighted by atomic mass is 16.1. The summed E-state index contributed by atoms with van der Waals surface area (Å²) in [6, 6.07) is 21.2. The van der Waals surface area contributed by atoms with Gasteiger partial charge in [-0.25, -0.2) is 0 Å². The first-order valence-electron chi connectivity index (χ1n) is 11.3. The lowest BCUT2D eigenvalue weighted by molar-refractivity contribution is -0.120. The van der Waals surface area contributed by atoms with Gasteiger partial charge < -0.3 is 10.2 Å². The molecule has 0 saturated carbocycles. The predicted octanol–water partition coefficient (Wildman–Crippen LogP) is 5.73. The SMILES string of the molecule is O=C(Nc1cnc2c(c1)C=CC=CC2)C1CCN(c2cccc(-c3ccccc3)c2)CC1. The van der Waals surface area contributed by atoms with Gasteiger partial charge in [-0.1, -0.05) is 66.8 Å². The number of hydrogen-bond donors (Lipinski definition) is 1. The van der Waals surface area contributed by atoms with Crippen LogP contribution in [0.2, 0.25) is 0 Å². The van der Waals surface area contributed by atoms with Crippen molar-refractivity contribution in [3.63, 3.8) is 0 Å². The lowest BCUT2D eigenvalue weighted by Crippen LogP contribution is -2.38. The van der Waals surface area contributed by atoms with Crippen LogP contribution in [0.1, 0.15) is 24.1 Å². The number of amides is 1. The Morgan fingerprint density at radius 1 is 0.938 bits per heavy atom. The quantitative estimate of drug-likeness (QED) is 0.585. The molecule has 0 spiro atoms. The fourth-order valence-electron chi connectivity index (χ4n) is 4.47. The Morgan fingerprint density at radius 2 is 1.75 bits per heavy atom. The minimum Gasteiger partial charge on any atom is -0.371 e. The lowest BCUT2D eigenvalue weighted by atomic mass is 9.95. The Morgan fingerprint density at radius 3 is 2.59 bits per heavy atom. The van der Waals surface area contributed by atoms with Gasteiger partial charge in [-0.2, -0.15) is 0 Å². The zero-order chi connectivity index (χ0) is 21.8. The highest BCUT2D eigenvalue weighted by Gasteiger charge is 2.25. The van der Waals surface area contributed by atoms with Crippen LogP contribution in [-0.4, -0.2) is 24.0 Å². The topological polar surface area (TPSA) is 45.2 Å². The van der Waals surface area contributed by atoms with Crippen LogP contribution >= 0.6 is 0 Å². The third-order valence-electron chi connectivity index (χ3n) is 6.29. The summed E-state index contributed by atoms with van der Waals surface area (Å²) in [5, 5.41) is 3.09. The fourth-order valence-corrected chi connectivity index (χ4v) is 4.47. The second-order valence-corrected chi connectivity index (χ2v) is 8.42. The number of pyridine rings is 1. The molecule has 4 heteroatoms. The number of benzene rings is 2. The van der Waals surface area contributed by atoms with E-state index in [9.17, 15) is 4.79 Å². The van der Waals surface area contributed by atoms with Gasteiger partial charge in [0.05, 0.1) is 17.6 Å². The summed E-state index contributed by atoms with van der Waals surface area (Å²) >= 11 is 0. The number of rotatable bonds is 4. The van der Waals surface area contributed by atoms with Gasteiger partial charge in [0.15, 0.2) is 0 Å². The zero-order valence-corrected chi connectivity index (χ0v) is 18.1. The molecular formula is C28H27N3O. The van der Waals surface area contributed by atoms with Gasteiger partial charge >= 0.3 is 0 Å². The van der Waals surface area contributed by atoms with Crippen molar-refractivity contribution in [2.45, 2.75) is 19.3 Å². The van der Waals surface area contributed by atoms with Gasteiger partial charge in [-0.15, -0.1) is 0 Å². The minimum absolute atomic E-state index is 0.0274. The van der Waals surface area contributed by atoms with E-state index in [0.29, 0.717) is 0 Å². The Hall–Kier alpha value is -3.66. The van der Waals surface area contributed by atoms with E-state index in [-0.39, 0.29) is 11.8 Å². The molecule has 5 rings (SSSR count). The summed E-state index contributed by atoms with van der Waals surface area (Å²) in [4.78, 5) is 19.8. The molecule has 1 saturated heterocycles. The second kappa shape index (κ2) is 9.23. The molecule has 2 heterocycles. The maximum atomic E-state index is 12.9. The largest absolute Gasteiger partial charge is 0.371 e. The first-order valence-corrected chi connectivity index (χ1v) is 11.3. The molecule has 4 nitrogen and oxygen atoms in total. The number of carbonyl (C=O) groups is 1. The molecule has 0 bridgehead atoms. The molecule has 3 aromatic rings. The Labute approximate surface area is 189 Å². The number of nitrogens with one attached hydrogen (secondary N) is 1. The van der Waals surface area contributed by atoms with Gasteiger partial charge in [0.1, 0.15) is 0 Å². The van der Waals surface area contributed by atoms with Crippen LogP contribution in [-0.2, 0) is 11.2 Å². The molecule has 1 aromatic heterocycles. The number of allylic oxidation sites excluding steroid dienone is 3. The van der Waals surface area contributed by atoms with E-state index >= 15 is 0 Å². The van der Waals surface area contributed by atoms with Crippen LogP contribution < -0.4 is 10.2 Å². The number of piperidine rings is 1. The third-order valence-corrected chi connectivity index (χ3v) is 6.29. The number of carbonyl (C=O) groups excluding carboxylic acids is 1. The molecular weight excluding hydrogens is 394 g/mol. The maximum absolute atomic E-state index is 12.9. The summed E-state index contributed by atoms with van der Waals surface area (Å²) in [7, 11) is 0. The van der Waals surface area contributed by atoms with Gasteiger partial charge in [0, 0.05) is 31.1 Å². The van der Waals surface area contributed by atoms with E-state index in [1.807, 2.05) is 30.4 Å². The van der Waals surface area contributed by atoms with Crippen molar-refractivity contribution in [1.82, 2.24) is 4.98 Å². The summed E-state index contributed by atoms with van der Waals surface area (Å²) in [5.74, 6) is 0.125. The van der Waals surface area contributed by atoms with Crippen LogP contribution in [0.5, 0.6) is 0 Å². The monoisotopic (exact) mass is 421 g/mol. The van der Waals surface area contributed by atoms with E-state index < -0.39 is 0 Å². The van der Waals surface area contributed by atoms with E-state index in [1.54, 1.807) is 6.20 Å². The lowest BCUT2D eigenvalue weighted by Gasteiger charge is -2.33. The van der Waals surface area contributed by atoms with Crippen molar-refractivity contribution >= 4 is 23.4 Å². The first kappa shape index (κ1) is 20.3. The molecule has 1 amide bonds. The molecule has 1 N–H and O–H groups in total. The van der Waals surface area contributed by atoms with Gasteiger partial charge in [0.2, 0.25) is 5.91 Å². The van der Waals surface area contributed by atoms with Gasteiger partial charge in [0.25, 0.3) is 0 Å². The average Bonchev–Trinajstić information content (AvgIpc) is 3.10. The minimum atomic E-state index is 0.0274. The van der Waals surface area contributed by atoms with E-state index in [1.165, 1.54) is 16.8 Å². The van der Waals surface area contributed by atoms with Gasteiger partial charge in [-0.05, 0) is 47.7 Å². The molecule has 0 unspecified atom stereocenters. The second-order valence-electron chi connectivity index (χ2n) is 8.42. The predicted molar refractivity (Wildman–Crippen MR) is 132 cm³/mol. The maximum Gasteiger partial charge on any atom is 0.227 e. The van der Waals surface area contributed by atoms with Crippen molar-refractivity contribution in [3.8, 4) is 11.1 Å². The number of nitrogens with zero attached hydrogens (tertiary/aromatic N) is 2. The molecule has 160 valence electrons. The first-order chi connectivity index (χ1) is 15.8. The number of aromatic nitrogens is 1. The summed E-state index contributed by atoms with van der Waals surface area (Å²) in [6.45, 7) is 1.76. The standard InChI is InChI=1S/C28H27N3O/c32-28(30-25-18-24-10-5-2-6-13-27(24)29-20-25)22-14-16-31(17-15-22)26-12-7-11-23(19-26)21-8-3-1-4-9-21/h1-12,18-20,22H,13-17H2,(H,30,32). The smallest absolute Gasteiger partial charge is 0.227 e. The summed E-state index contributed by atoms with van der Waals surface area (Å²) in [5.41, 5.74) is 6.56. The molecule has 1 aliphatic heterocycles. The van der Waals surface area contributed by atoms with Crippen molar-refractivity contribution in [1.29, 1.82) is 0 Å². The highest BCUT2D eigenvalue weighted by Crippen LogP contribution is 2.28. The van der Waals surface area contributed by atoms with Gasteiger partial charge in [-0.3, -0.25) is 9.78 Å². The zero-order valence-electron chi connectivity index (χ0n) is 18.1. The van der Waals surface area contributed by atoms with E-state index in [0.717, 1.165) is 49.3 Å². The summed E-state index contributed by atoms with van der Waals surface area (Å²) < 4.78 is 0. The highest BCUT2D eigenvalue weighted by molar-refractivity contribution is 5.93. The average molecular weight is 422 g/mol. The van der Waals surface area contributed by atoms with Crippen molar-refractivity contribution in [2.75, 3.05) is 23.3 Å². The Kier molecular flexibility index (Phi) is 5.84. The number of hydrogen-bond acceptors (Lipinski definition) is 3. The van der Waals surface area contributed by atoms with E-state index in [4.69, 9.17) is 0 Å². The number of fused-ring (bicyclic) bond motifs is 1. The van der Waals surface area contributed by atoms with Crippen LogP contribution in [0, 0.1) is 5.92 Å². The van der Waals surface area contributed by atoms with Crippen LogP contribution in [0.4, 0.5) is 11.4 Å². The van der Waals surface area contributed by atoms with E-state index in [2.05, 4.69) is 69.8 Å². The normalized spacial score (nSPS) is 15.8. The molecule has 1 aliphatic carbocycles. The van der Waals surface area contributed by atoms with Crippen molar-refractivity contribution in [2.24, 2.45) is 5.92 Å². The molecule has 2 aliphatic rings. The molecule has 0 radical (unpaired) electrons.